The number of hydrogen-bond acceptors (Lipinski definition) is 2. The van der Waals surface area contributed by atoms with Crippen molar-refractivity contribution in [2.24, 2.45) is 5.92 Å². The van der Waals surface area contributed by atoms with E-state index in [1.165, 1.54) is 12.1 Å². The maximum Gasteiger partial charge on any atom is 0.124 e. The lowest BCUT2D eigenvalue weighted by Crippen LogP contribution is -2.14. The minimum Gasteiger partial charge on any atom is -0.496 e. The van der Waals surface area contributed by atoms with Crippen molar-refractivity contribution in [3.05, 3.63) is 64.4 Å². The summed E-state index contributed by atoms with van der Waals surface area (Å²) in [7, 11) is 1.63. The van der Waals surface area contributed by atoms with Gasteiger partial charge in [-0.25, -0.2) is 4.39 Å². The molecule has 112 valence electrons. The summed E-state index contributed by atoms with van der Waals surface area (Å²) in [5.74, 6) is 0.458. The molecule has 1 atom stereocenters. The van der Waals surface area contributed by atoms with E-state index < -0.39 is 0 Å². The highest BCUT2D eigenvalue weighted by molar-refractivity contribution is 6.31. The van der Waals surface area contributed by atoms with E-state index in [0.717, 1.165) is 16.9 Å². The van der Waals surface area contributed by atoms with Gasteiger partial charge in [-0.2, -0.15) is 0 Å². The van der Waals surface area contributed by atoms with Crippen LogP contribution in [0.15, 0.2) is 42.5 Å². The van der Waals surface area contributed by atoms with Crippen molar-refractivity contribution in [1.82, 2.24) is 0 Å². The van der Waals surface area contributed by atoms with Crippen LogP contribution in [0.1, 0.15) is 11.1 Å². The van der Waals surface area contributed by atoms with E-state index in [1.54, 1.807) is 13.2 Å². The van der Waals surface area contributed by atoms with Crippen LogP contribution in [-0.4, -0.2) is 18.8 Å². The van der Waals surface area contributed by atoms with E-state index >= 15 is 0 Å². The molecule has 2 aromatic rings. The fourth-order valence-corrected chi connectivity index (χ4v) is 2.63. The fraction of sp³-hybridized carbons (Fsp3) is 0.294. The van der Waals surface area contributed by atoms with Crippen molar-refractivity contribution in [1.29, 1.82) is 0 Å². The van der Waals surface area contributed by atoms with E-state index in [-0.39, 0.29) is 18.3 Å². The van der Waals surface area contributed by atoms with Gasteiger partial charge in [0.2, 0.25) is 0 Å². The van der Waals surface area contributed by atoms with Gasteiger partial charge in [-0.05, 0) is 48.1 Å². The molecule has 0 radical (unpaired) electrons. The number of rotatable bonds is 6. The van der Waals surface area contributed by atoms with Gasteiger partial charge in [0.1, 0.15) is 11.6 Å². The molecule has 0 fully saturated rings. The van der Waals surface area contributed by atoms with Crippen molar-refractivity contribution in [3.63, 3.8) is 0 Å². The normalized spacial score (nSPS) is 12.2. The van der Waals surface area contributed by atoms with Crippen LogP contribution in [0.2, 0.25) is 5.02 Å². The average molecular weight is 309 g/mol. The topological polar surface area (TPSA) is 29.5 Å². The smallest absolute Gasteiger partial charge is 0.124 e. The summed E-state index contributed by atoms with van der Waals surface area (Å²) >= 11 is 6.05. The summed E-state index contributed by atoms with van der Waals surface area (Å²) in [5, 5.41) is 10.00. The van der Waals surface area contributed by atoms with Gasteiger partial charge in [0.15, 0.2) is 0 Å². The van der Waals surface area contributed by atoms with E-state index in [2.05, 4.69) is 0 Å². The molecule has 0 amide bonds. The van der Waals surface area contributed by atoms with Gasteiger partial charge in [0.05, 0.1) is 7.11 Å². The van der Waals surface area contributed by atoms with Crippen LogP contribution in [0.3, 0.4) is 0 Å². The molecule has 0 aliphatic carbocycles. The Morgan fingerprint density at radius 3 is 2.52 bits per heavy atom. The SMILES string of the molecule is COc1ccccc1CC(CO)Cc1ccc(F)cc1Cl. The van der Waals surface area contributed by atoms with Crippen LogP contribution < -0.4 is 4.74 Å². The molecule has 0 heterocycles. The van der Waals surface area contributed by atoms with Crippen molar-refractivity contribution in [2.45, 2.75) is 12.8 Å². The van der Waals surface area contributed by atoms with Crippen LogP contribution in [0.5, 0.6) is 5.75 Å². The molecule has 0 aromatic heterocycles. The fourth-order valence-electron chi connectivity index (χ4n) is 2.38. The Labute approximate surface area is 129 Å². The standard InChI is InChI=1S/C17H18ClFO2/c1-21-17-5-3-2-4-14(17)9-12(11-20)8-13-6-7-15(19)10-16(13)18/h2-7,10,12,20H,8-9,11H2,1H3. The van der Waals surface area contributed by atoms with Crippen LogP contribution in [0.25, 0.3) is 0 Å². The Balaban J connectivity index is 2.13. The molecule has 0 bridgehead atoms. The third-order valence-electron chi connectivity index (χ3n) is 3.48. The molecule has 21 heavy (non-hydrogen) atoms. The van der Waals surface area contributed by atoms with E-state index in [0.29, 0.717) is 17.9 Å². The summed E-state index contributed by atoms with van der Waals surface area (Å²) in [6.07, 6.45) is 1.27. The largest absolute Gasteiger partial charge is 0.496 e. The summed E-state index contributed by atoms with van der Waals surface area (Å²) in [5.41, 5.74) is 1.88. The minimum atomic E-state index is -0.353. The first kappa shape index (κ1) is 15.8. The lowest BCUT2D eigenvalue weighted by atomic mass is 9.93. The van der Waals surface area contributed by atoms with E-state index in [9.17, 15) is 9.50 Å². The maximum absolute atomic E-state index is 13.1. The summed E-state index contributed by atoms with van der Waals surface area (Å²) in [6, 6.07) is 12.1. The third kappa shape index (κ3) is 4.19. The first-order valence-corrected chi connectivity index (χ1v) is 7.18. The molecule has 0 spiro atoms. The summed E-state index contributed by atoms with van der Waals surface area (Å²) < 4.78 is 18.4. The average Bonchev–Trinajstić information content (AvgIpc) is 2.49. The zero-order valence-electron chi connectivity index (χ0n) is 11.9. The number of hydrogen-bond donors (Lipinski definition) is 1. The molecular formula is C17H18ClFO2. The van der Waals surface area contributed by atoms with Gasteiger partial charge >= 0.3 is 0 Å². The monoisotopic (exact) mass is 308 g/mol. The molecule has 1 N–H and O–H groups in total. The molecular weight excluding hydrogens is 291 g/mol. The zero-order valence-corrected chi connectivity index (χ0v) is 12.6. The summed E-state index contributed by atoms with van der Waals surface area (Å²) in [6.45, 7) is 0.0335. The minimum absolute atomic E-state index is 0.00395. The molecule has 0 aliphatic heterocycles. The third-order valence-corrected chi connectivity index (χ3v) is 3.83. The zero-order chi connectivity index (χ0) is 15.2. The molecule has 0 saturated carbocycles. The Kier molecular flexibility index (Phi) is 5.59. The number of aliphatic hydroxyl groups excluding tert-OH is 1. The molecule has 2 aromatic carbocycles. The lowest BCUT2D eigenvalue weighted by Gasteiger charge is -2.17. The number of halogens is 2. The first-order valence-electron chi connectivity index (χ1n) is 6.80. The highest BCUT2D eigenvalue weighted by Crippen LogP contribution is 2.25. The van der Waals surface area contributed by atoms with Gasteiger partial charge in [-0.3, -0.25) is 0 Å². The van der Waals surface area contributed by atoms with Gasteiger partial charge in [-0.15, -0.1) is 0 Å². The Morgan fingerprint density at radius 2 is 1.86 bits per heavy atom. The van der Waals surface area contributed by atoms with Crippen LogP contribution in [0, 0.1) is 11.7 Å². The second kappa shape index (κ2) is 7.43. The molecule has 4 heteroatoms. The predicted octanol–water partition coefficient (Wildman–Crippen LogP) is 3.88. The quantitative estimate of drug-likeness (QED) is 0.877. The summed E-state index contributed by atoms with van der Waals surface area (Å²) in [4.78, 5) is 0. The van der Waals surface area contributed by atoms with Gasteiger partial charge in [0, 0.05) is 11.6 Å². The molecule has 0 aliphatic rings. The van der Waals surface area contributed by atoms with Crippen LogP contribution in [-0.2, 0) is 12.8 Å². The number of methoxy groups -OCH3 is 1. The molecule has 1 unspecified atom stereocenters. The first-order chi connectivity index (χ1) is 10.1. The number of para-hydroxylation sites is 1. The lowest BCUT2D eigenvalue weighted by molar-refractivity contribution is 0.224. The Bertz CT molecular complexity index is 601. The molecule has 2 nitrogen and oxygen atoms in total. The second-order valence-electron chi connectivity index (χ2n) is 5.00. The highest BCUT2D eigenvalue weighted by atomic mass is 35.5. The molecule has 2 rings (SSSR count). The number of benzene rings is 2. The van der Waals surface area contributed by atoms with Crippen molar-refractivity contribution in [3.8, 4) is 5.75 Å². The Morgan fingerprint density at radius 1 is 1.14 bits per heavy atom. The van der Waals surface area contributed by atoms with Crippen molar-refractivity contribution >= 4 is 11.6 Å². The van der Waals surface area contributed by atoms with Crippen LogP contribution in [0.4, 0.5) is 4.39 Å². The van der Waals surface area contributed by atoms with Crippen LogP contribution >= 0.6 is 11.6 Å². The maximum atomic E-state index is 13.1. The highest BCUT2D eigenvalue weighted by Gasteiger charge is 2.14. The second-order valence-corrected chi connectivity index (χ2v) is 5.41. The van der Waals surface area contributed by atoms with E-state index in [1.807, 2.05) is 24.3 Å². The van der Waals surface area contributed by atoms with Gasteiger partial charge in [-0.1, -0.05) is 35.9 Å². The van der Waals surface area contributed by atoms with Gasteiger partial charge in [0.25, 0.3) is 0 Å². The van der Waals surface area contributed by atoms with Crippen molar-refractivity contribution in [2.75, 3.05) is 13.7 Å². The predicted molar refractivity (Wildman–Crippen MR) is 82.4 cm³/mol. The number of aliphatic hydroxyl groups is 1. The molecule has 0 saturated heterocycles. The van der Waals surface area contributed by atoms with E-state index in [4.69, 9.17) is 16.3 Å². The number of ether oxygens (including phenoxy) is 1. The Hall–Kier alpha value is -1.58. The van der Waals surface area contributed by atoms with Crippen molar-refractivity contribution < 1.29 is 14.2 Å². The van der Waals surface area contributed by atoms with Gasteiger partial charge < -0.3 is 9.84 Å².